The topological polar surface area (TPSA) is 117 Å². The fraction of sp³-hybridized carbons (Fsp3) is 0.100. The largest absolute Gasteiger partial charge is 0.460 e. The van der Waals surface area contributed by atoms with Gasteiger partial charge in [0.15, 0.2) is 11.5 Å². The number of H-pyrrole nitrogens is 2. The summed E-state index contributed by atoms with van der Waals surface area (Å²) in [6, 6.07) is 13.9. The molecule has 4 aromatic rings. The van der Waals surface area contributed by atoms with Gasteiger partial charge >= 0.3 is 0 Å². The molecule has 8 nitrogen and oxygen atoms in total. The summed E-state index contributed by atoms with van der Waals surface area (Å²) in [4.78, 5) is 23.8. The SMILES string of the molecule is Cc1ccc(-c2cc(C(=O)Nc3cc(-c4ccc(=O)[nH]n4)ccc3C)n[nH]2)o1. The number of nitrogens with one attached hydrogen (secondary N) is 3. The van der Waals surface area contributed by atoms with Gasteiger partial charge in [0.05, 0.1) is 5.69 Å². The second-order valence-corrected chi connectivity index (χ2v) is 6.37. The van der Waals surface area contributed by atoms with Crippen LogP contribution in [-0.4, -0.2) is 26.3 Å². The molecule has 0 saturated carbocycles. The molecule has 0 unspecified atom stereocenters. The highest BCUT2D eigenvalue weighted by molar-refractivity contribution is 6.04. The molecule has 3 heterocycles. The third-order valence-corrected chi connectivity index (χ3v) is 4.28. The Hall–Kier alpha value is -3.94. The molecule has 28 heavy (non-hydrogen) atoms. The zero-order chi connectivity index (χ0) is 19.7. The lowest BCUT2D eigenvalue weighted by Crippen LogP contribution is -2.13. The van der Waals surface area contributed by atoms with Gasteiger partial charge in [0.1, 0.15) is 11.5 Å². The molecular weight excluding hydrogens is 358 g/mol. The number of benzene rings is 1. The van der Waals surface area contributed by atoms with Crippen LogP contribution in [0.15, 0.2) is 57.7 Å². The normalized spacial score (nSPS) is 10.8. The maximum absolute atomic E-state index is 12.6. The molecule has 8 heteroatoms. The van der Waals surface area contributed by atoms with Gasteiger partial charge < -0.3 is 9.73 Å². The minimum Gasteiger partial charge on any atom is -0.460 e. The number of hydrogen-bond acceptors (Lipinski definition) is 5. The van der Waals surface area contributed by atoms with Crippen molar-refractivity contribution >= 4 is 11.6 Å². The first-order valence-electron chi connectivity index (χ1n) is 8.60. The van der Waals surface area contributed by atoms with Crippen LogP contribution in [0.5, 0.6) is 0 Å². The lowest BCUT2D eigenvalue weighted by molar-refractivity contribution is 0.102. The zero-order valence-corrected chi connectivity index (χ0v) is 15.2. The molecule has 0 aliphatic rings. The van der Waals surface area contributed by atoms with E-state index >= 15 is 0 Å². The molecule has 1 amide bonds. The highest BCUT2D eigenvalue weighted by atomic mass is 16.3. The van der Waals surface area contributed by atoms with Crippen molar-refractivity contribution in [2.75, 3.05) is 5.32 Å². The first kappa shape index (κ1) is 17.5. The van der Waals surface area contributed by atoms with E-state index in [1.807, 2.05) is 38.1 Å². The predicted octanol–water partition coefficient (Wildman–Crippen LogP) is 3.29. The number of amides is 1. The predicted molar refractivity (Wildman–Crippen MR) is 104 cm³/mol. The lowest BCUT2D eigenvalue weighted by atomic mass is 10.1. The van der Waals surface area contributed by atoms with E-state index in [0.717, 1.165) is 16.9 Å². The van der Waals surface area contributed by atoms with Gasteiger partial charge in [-0.15, -0.1) is 0 Å². The maximum Gasteiger partial charge on any atom is 0.276 e. The van der Waals surface area contributed by atoms with Crippen LogP contribution in [0.3, 0.4) is 0 Å². The molecule has 0 spiro atoms. The Morgan fingerprint density at radius 2 is 1.86 bits per heavy atom. The minimum atomic E-state index is -0.347. The Morgan fingerprint density at radius 3 is 2.57 bits per heavy atom. The van der Waals surface area contributed by atoms with E-state index in [1.165, 1.54) is 6.07 Å². The highest BCUT2D eigenvalue weighted by Gasteiger charge is 2.15. The molecule has 0 aliphatic heterocycles. The van der Waals surface area contributed by atoms with Gasteiger partial charge in [-0.3, -0.25) is 14.7 Å². The fourth-order valence-corrected chi connectivity index (χ4v) is 2.75. The first-order chi connectivity index (χ1) is 13.5. The van der Waals surface area contributed by atoms with E-state index in [2.05, 4.69) is 25.7 Å². The fourth-order valence-electron chi connectivity index (χ4n) is 2.75. The zero-order valence-electron chi connectivity index (χ0n) is 15.2. The molecule has 0 atom stereocenters. The summed E-state index contributed by atoms with van der Waals surface area (Å²) in [5.41, 5.74) is 3.49. The number of aromatic nitrogens is 4. The third kappa shape index (κ3) is 3.48. The summed E-state index contributed by atoms with van der Waals surface area (Å²) in [5.74, 6) is 1.05. The maximum atomic E-state index is 12.6. The molecule has 0 aliphatic carbocycles. The number of carbonyl (C=O) groups is 1. The van der Waals surface area contributed by atoms with Crippen molar-refractivity contribution in [3.05, 3.63) is 75.9 Å². The van der Waals surface area contributed by atoms with Crippen LogP contribution in [0.1, 0.15) is 21.8 Å². The summed E-state index contributed by atoms with van der Waals surface area (Å²) in [6.45, 7) is 3.74. The lowest BCUT2D eigenvalue weighted by Gasteiger charge is -2.09. The van der Waals surface area contributed by atoms with E-state index < -0.39 is 0 Å². The first-order valence-corrected chi connectivity index (χ1v) is 8.60. The average molecular weight is 375 g/mol. The molecule has 0 saturated heterocycles. The molecule has 3 aromatic heterocycles. The van der Waals surface area contributed by atoms with Crippen molar-refractivity contribution in [3.8, 4) is 22.7 Å². The molecular formula is C20H17N5O3. The van der Waals surface area contributed by atoms with Crippen LogP contribution in [0, 0.1) is 13.8 Å². The van der Waals surface area contributed by atoms with Gasteiger partial charge in [0.2, 0.25) is 0 Å². The Labute approximate surface area is 159 Å². The average Bonchev–Trinajstić information content (AvgIpc) is 3.33. The summed E-state index contributed by atoms with van der Waals surface area (Å²) >= 11 is 0. The van der Waals surface area contributed by atoms with Gasteiger partial charge in [-0.1, -0.05) is 12.1 Å². The minimum absolute atomic E-state index is 0.246. The quantitative estimate of drug-likeness (QED) is 0.506. The van der Waals surface area contributed by atoms with E-state index in [1.54, 1.807) is 18.2 Å². The van der Waals surface area contributed by atoms with Gasteiger partial charge in [0.25, 0.3) is 11.5 Å². The number of nitrogens with zero attached hydrogens (tertiary/aromatic N) is 2. The molecule has 140 valence electrons. The Balaban J connectivity index is 1.57. The van der Waals surface area contributed by atoms with Crippen LogP contribution in [0.2, 0.25) is 0 Å². The van der Waals surface area contributed by atoms with Crippen molar-refractivity contribution in [1.82, 2.24) is 20.4 Å². The van der Waals surface area contributed by atoms with Gasteiger partial charge in [-0.25, -0.2) is 5.10 Å². The van der Waals surface area contributed by atoms with E-state index in [4.69, 9.17) is 4.42 Å². The highest BCUT2D eigenvalue weighted by Crippen LogP contribution is 2.25. The second-order valence-electron chi connectivity index (χ2n) is 6.37. The second kappa shape index (κ2) is 6.99. The van der Waals surface area contributed by atoms with Crippen molar-refractivity contribution in [1.29, 1.82) is 0 Å². The smallest absolute Gasteiger partial charge is 0.276 e. The third-order valence-electron chi connectivity index (χ3n) is 4.28. The summed E-state index contributed by atoms with van der Waals surface area (Å²) < 4.78 is 5.54. The molecule has 1 aromatic carbocycles. The number of aromatic amines is 2. The number of aryl methyl sites for hydroxylation is 2. The Morgan fingerprint density at radius 1 is 1.00 bits per heavy atom. The number of rotatable bonds is 4. The Bertz CT molecular complexity index is 1200. The summed E-state index contributed by atoms with van der Waals surface area (Å²) in [6.07, 6.45) is 0. The van der Waals surface area contributed by atoms with E-state index in [9.17, 15) is 9.59 Å². The van der Waals surface area contributed by atoms with E-state index in [-0.39, 0.29) is 17.2 Å². The monoisotopic (exact) mass is 375 g/mol. The van der Waals surface area contributed by atoms with Crippen LogP contribution in [-0.2, 0) is 0 Å². The summed E-state index contributed by atoms with van der Waals surface area (Å²) in [7, 11) is 0. The number of hydrogen-bond donors (Lipinski definition) is 3. The van der Waals surface area contributed by atoms with Gasteiger partial charge in [-0.2, -0.15) is 10.2 Å². The van der Waals surface area contributed by atoms with Crippen molar-refractivity contribution in [2.24, 2.45) is 0 Å². The van der Waals surface area contributed by atoms with Crippen molar-refractivity contribution < 1.29 is 9.21 Å². The molecule has 0 bridgehead atoms. The van der Waals surface area contributed by atoms with Crippen LogP contribution < -0.4 is 10.9 Å². The van der Waals surface area contributed by atoms with Gasteiger partial charge in [0, 0.05) is 23.4 Å². The number of furan rings is 1. The molecule has 0 fully saturated rings. The van der Waals surface area contributed by atoms with Crippen molar-refractivity contribution in [3.63, 3.8) is 0 Å². The van der Waals surface area contributed by atoms with Crippen molar-refractivity contribution in [2.45, 2.75) is 13.8 Å². The van der Waals surface area contributed by atoms with Crippen LogP contribution >= 0.6 is 0 Å². The molecule has 3 N–H and O–H groups in total. The van der Waals surface area contributed by atoms with Crippen LogP contribution in [0.25, 0.3) is 22.7 Å². The van der Waals surface area contributed by atoms with Gasteiger partial charge in [-0.05, 0) is 43.7 Å². The standard InChI is InChI=1S/C20H17N5O3/c1-11-3-5-13(14-6-8-19(26)25-22-14)9-15(11)21-20(27)17-10-16(23-24-17)18-7-4-12(2)28-18/h3-10H,1-2H3,(H,21,27)(H,23,24)(H,25,26). The summed E-state index contributed by atoms with van der Waals surface area (Å²) in [5, 5.41) is 16.2. The Kier molecular flexibility index (Phi) is 4.36. The number of carbonyl (C=O) groups excluding carboxylic acids is 1. The number of anilines is 1. The van der Waals surface area contributed by atoms with E-state index in [0.29, 0.717) is 22.8 Å². The van der Waals surface area contributed by atoms with Crippen LogP contribution in [0.4, 0.5) is 5.69 Å². The molecule has 4 rings (SSSR count). The molecule has 0 radical (unpaired) electrons.